The van der Waals surface area contributed by atoms with Gasteiger partial charge in [-0.15, -0.1) is 0 Å². The fraction of sp³-hybridized carbons (Fsp3) is 0.750. The van der Waals surface area contributed by atoms with Gasteiger partial charge in [0.05, 0.1) is 14.1 Å². The van der Waals surface area contributed by atoms with E-state index in [2.05, 4.69) is 0 Å². The van der Waals surface area contributed by atoms with Gasteiger partial charge in [0.25, 0.3) is 0 Å². The van der Waals surface area contributed by atoms with Crippen LogP contribution < -0.4 is 0 Å². The summed E-state index contributed by atoms with van der Waals surface area (Å²) in [5, 5.41) is 0. The van der Waals surface area contributed by atoms with Crippen molar-refractivity contribution in [3.8, 4) is 0 Å². The van der Waals surface area contributed by atoms with Crippen molar-refractivity contribution in [2.24, 2.45) is 0 Å². The summed E-state index contributed by atoms with van der Waals surface area (Å²) in [6, 6.07) is 0. The molecule has 0 atom stereocenters. The molecule has 0 aromatic heterocycles. The maximum absolute atomic E-state index is 10.4. The second-order valence-electron chi connectivity index (χ2n) is 3.35. The monoisotopic (exact) mass is 174 g/mol. The Kier molecular flexibility index (Phi) is 4.51. The predicted octanol–water partition coefficient (Wildman–Crippen LogP) is -0.175. The van der Waals surface area contributed by atoms with Crippen LogP contribution in [0.15, 0.2) is 0 Å². The van der Waals surface area contributed by atoms with Gasteiger partial charge in [0, 0.05) is 6.92 Å². The number of carbonyl (C=O) groups is 2. The lowest BCUT2D eigenvalue weighted by atomic mass is 10.4. The van der Waals surface area contributed by atoms with Crippen molar-refractivity contribution in [1.82, 2.24) is 0 Å². The number of esters is 1. The molecule has 0 aromatic carbocycles. The normalized spacial score (nSPS) is 10.9. The van der Waals surface area contributed by atoms with Crippen LogP contribution in [0.4, 0.5) is 0 Å². The lowest BCUT2D eigenvalue weighted by molar-refractivity contribution is -0.881. The molecule has 0 aliphatic heterocycles. The third kappa shape index (κ3) is 5.85. The van der Waals surface area contributed by atoms with E-state index in [-0.39, 0.29) is 5.97 Å². The molecule has 0 heterocycles. The van der Waals surface area contributed by atoms with Crippen LogP contribution >= 0.6 is 0 Å². The summed E-state index contributed by atoms with van der Waals surface area (Å²) in [6.07, 6.45) is 0.869. The van der Waals surface area contributed by atoms with Crippen molar-refractivity contribution in [2.45, 2.75) is 6.92 Å². The molecular weight excluding hydrogens is 158 g/mol. The zero-order chi connectivity index (χ0) is 9.61. The molecule has 0 saturated carbocycles. The van der Waals surface area contributed by atoms with E-state index in [1.165, 1.54) is 6.92 Å². The smallest absolute Gasteiger partial charge is 0.302 e. The van der Waals surface area contributed by atoms with Gasteiger partial charge in [-0.25, -0.2) is 0 Å². The first-order valence-corrected chi connectivity index (χ1v) is 3.87. The van der Waals surface area contributed by atoms with Gasteiger partial charge in [0.1, 0.15) is 19.7 Å². The second-order valence-corrected chi connectivity index (χ2v) is 3.35. The highest BCUT2D eigenvalue weighted by atomic mass is 16.5. The van der Waals surface area contributed by atoms with E-state index < -0.39 is 0 Å². The van der Waals surface area contributed by atoms with Crippen LogP contribution in [0, 0.1) is 0 Å². The Morgan fingerprint density at radius 2 is 2.08 bits per heavy atom. The molecule has 0 aromatic rings. The van der Waals surface area contributed by atoms with Crippen molar-refractivity contribution in [2.75, 3.05) is 33.8 Å². The van der Waals surface area contributed by atoms with E-state index in [0.29, 0.717) is 24.2 Å². The lowest BCUT2D eigenvalue weighted by Gasteiger charge is -2.26. The summed E-state index contributed by atoms with van der Waals surface area (Å²) in [5.41, 5.74) is 0. The van der Waals surface area contributed by atoms with Crippen LogP contribution in [0.1, 0.15) is 6.92 Å². The Morgan fingerprint density at radius 1 is 1.50 bits per heavy atom. The minimum Gasteiger partial charge on any atom is -0.460 e. The SMILES string of the molecule is CC(=O)OCC[N+](C)(C)CC=O. The Morgan fingerprint density at radius 3 is 2.50 bits per heavy atom. The number of carbonyl (C=O) groups excluding carboxylic acids is 2. The third-order valence-corrected chi connectivity index (χ3v) is 1.57. The highest BCUT2D eigenvalue weighted by Gasteiger charge is 2.13. The second kappa shape index (κ2) is 4.87. The summed E-state index contributed by atoms with van der Waals surface area (Å²) in [7, 11) is 3.83. The molecule has 0 rings (SSSR count). The summed E-state index contributed by atoms with van der Waals surface area (Å²) in [6.45, 7) is 2.86. The lowest BCUT2D eigenvalue weighted by Crippen LogP contribution is -2.43. The highest BCUT2D eigenvalue weighted by Crippen LogP contribution is 1.94. The maximum Gasteiger partial charge on any atom is 0.302 e. The number of hydrogen-bond acceptors (Lipinski definition) is 3. The molecule has 0 aliphatic carbocycles. The van der Waals surface area contributed by atoms with Crippen LogP contribution in [0.3, 0.4) is 0 Å². The van der Waals surface area contributed by atoms with E-state index >= 15 is 0 Å². The predicted molar refractivity (Wildman–Crippen MR) is 44.5 cm³/mol. The number of nitrogens with zero attached hydrogens (tertiary/aromatic N) is 1. The molecule has 4 heteroatoms. The first kappa shape index (κ1) is 11.1. The minimum absolute atomic E-state index is 0.277. The zero-order valence-corrected chi connectivity index (χ0v) is 7.87. The molecule has 0 radical (unpaired) electrons. The van der Waals surface area contributed by atoms with Gasteiger partial charge in [-0.1, -0.05) is 0 Å². The highest BCUT2D eigenvalue weighted by molar-refractivity contribution is 5.65. The molecule has 0 saturated heterocycles. The molecule has 12 heavy (non-hydrogen) atoms. The summed E-state index contributed by atoms with van der Waals surface area (Å²) >= 11 is 0. The summed E-state index contributed by atoms with van der Waals surface area (Å²) < 4.78 is 5.31. The Hall–Kier alpha value is -0.900. The Balaban J connectivity index is 3.60. The van der Waals surface area contributed by atoms with Crippen LogP contribution in [-0.2, 0) is 14.3 Å². The molecule has 0 fully saturated rings. The fourth-order valence-electron chi connectivity index (χ4n) is 0.730. The number of likely N-dealkylation sites (N-methyl/N-ethyl adjacent to an activating group) is 1. The van der Waals surface area contributed by atoms with Crippen molar-refractivity contribution >= 4 is 12.3 Å². The average Bonchev–Trinajstić information content (AvgIpc) is 1.85. The first-order valence-electron chi connectivity index (χ1n) is 3.87. The van der Waals surface area contributed by atoms with Gasteiger partial charge in [-0.3, -0.25) is 9.59 Å². The van der Waals surface area contributed by atoms with Crippen LogP contribution in [-0.4, -0.2) is 50.5 Å². The molecule has 0 amide bonds. The molecular formula is C8H16NO3+. The average molecular weight is 174 g/mol. The molecule has 70 valence electrons. The third-order valence-electron chi connectivity index (χ3n) is 1.57. The molecule has 0 spiro atoms. The van der Waals surface area contributed by atoms with Gasteiger partial charge in [-0.2, -0.15) is 0 Å². The van der Waals surface area contributed by atoms with Gasteiger partial charge in [0.15, 0.2) is 6.29 Å². The number of rotatable bonds is 5. The standard InChI is InChI=1S/C8H16NO3/c1-8(11)12-7-5-9(2,3)4-6-10/h6H,4-5,7H2,1-3H3/q+1. The first-order chi connectivity index (χ1) is 5.48. The van der Waals surface area contributed by atoms with E-state index in [1.807, 2.05) is 14.1 Å². The van der Waals surface area contributed by atoms with Gasteiger partial charge in [0.2, 0.25) is 0 Å². The van der Waals surface area contributed by atoms with Crippen molar-refractivity contribution < 1.29 is 18.8 Å². The number of hydrogen-bond donors (Lipinski definition) is 0. The number of quaternary nitrogens is 1. The van der Waals surface area contributed by atoms with Crippen LogP contribution in [0.5, 0.6) is 0 Å². The van der Waals surface area contributed by atoms with E-state index in [1.54, 1.807) is 0 Å². The Bertz CT molecular complexity index is 166. The van der Waals surface area contributed by atoms with Crippen LogP contribution in [0.25, 0.3) is 0 Å². The van der Waals surface area contributed by atoms with Gasteiger partial charge >= 0.3 is 5.97 Å². The fourth-order valence-corrected chi connectivity index (χ4v) is 0.730. The summed E-state index contributed by atoms with van der Waals surface area (Å²) in [5.74, 6) is -0.277. The quantitative estimate of drug-likeness (QED) is 0.330. The summed E-state index contributed by atoms with van der Waals surface area (Å²) in [4.78, 5) is 20.6. The number of ether oxygens (including phenoxy) is 1. The molecule has 0 unspecified atom stereocenters. The molecule has 0 bridgehead atoms. The Labute approximate surface area is 72.7 Å². The minimum atomic E-state index is -0.277. The van der Waals surface area contributed by atoms with E-state index in [0.717, 1.165) is 6.29 Å². The van der Waals surface area contributed by atoms with E-state index in [9.17, 15) is 9.59 Å². The van der Waals surface area contributed by atoms with E-state index in [4.69, 9.17) is 4.74 Å². The van der Waals surface area contributed by atoms with Crippen molar-refractivity contribution in [3.05, 3.63) is 0 Å². The number of aldehydes is 1. The van der Waals surface area contributed by atoms with Gasteiger partial charge in [-0.05, 0) is 0 Å². The maximum atomic E-state index is 10.4. The van der Waals surface area contributed by atoms with Gasteiger partial charge < -0.3 is 9.22 Å². The van der Waals surface area contributed by atoms with Crippen molar-refractivity contribution in [1.29, 1.82) is 0 Å². The zero-order valence-electron chi connectivity index (χ0n) is 7.87. The molecule has 4 nitrogen and oxygen atoms in total. The largest absolute Gasteiger partial charge is 0.460 e. The van der Waals surface area contributed by atoms with Crippen LogP contribution in [0.2, 0.25) is 0 Å². The molecule has 0 aliphatic rings. The topological polar surface area (TPSA) is 43.4 Å². The molecule has 0 N–H and O–H groups in total. The van der Waals surface area contributed by atoms with Crippen molar-refractivity contribution in [3.63, 3.8) is 0 Å².